The monoisotopic (exact) mass is 455 g/mol. The number of carbonyl (C=O) groups excluding carboxylic acids is 1. The summed E-state index contributed by atoms with van der Waals surface area (Å²) in [7, 11) is 0. The minimum Gasteiger partial charge on any atom is -0.449 e. The molecule has 0 saturated carbocycles. The highest BCUT2D eigenvalue weighted by Gasteiger charge is 2.16. The van der Waals surface area contributed by atoms with E-state index in [2.05, 4.69) is 10.4 Å². The largest absolute Gasteiger partial charge is 0.449 e. The SMILES string of the molecule is O=C(Nc1cccc(Cc2nn(-c3ccc(F)c(F)c3)ccc2=O)c1)OCC1CCOCC1. The van der Waals surface area contributed by atoms with Crippen LogP contribution < -0.4 is 10.7 Å². The molecule has 1 aliphatic heterocycles. The number of halogens is 2. The molecule has 0 radical (unpaired) electrons. The summed E-state index contributed by atoms with van der Waals surface area (Å²) in [6.45, 7) is 1.71. The van der Waals surface area contributed by atoms with Crippen LogP contribution in [0.5, 0.6) is 0 Å². The molecule has 2 heterocycles. The summed E-state index contributed by atoms with van der Waals surface area (Å²) < 4.78 is 38.7. The zero-order chi connectivity index (χ0) is 23.2. The second kappa shape index (κ2) is 10.4. The summed E-state index contributed by atoms with van der Waals surface area (Å²) >= 11 is 0. The Hall–Kier alpha value is -3.59. The van der Waals surface area contributed by atoms with Crippen molar-refractivity contribution in [3.63, 3.8) is 0 Å². The van der Waals surface area contributed by atoms with Crippen LogP contribution in [0.3, 0.4) is 0 Å². The minimum atomic E-state index is -1.00. The van der Waals surface area contributed by atoms with Crippen LogP contribution in [0.15, 0.2) is 59.5 Å². The third-order valence-corrected chi connectivity index (χ3v) is 5.38. The quantitative estimate of drug-likeness (QED) is 0.606. The lowest BCUT2D eigenvalue weighted by atomic mass is 10.0. The van der Waals surface area contributed by atoms with E-state index in [4.69, 9.17) is 9.47 Å². The summed E-state index contributed by atoms with van der Waals surface area (Å²) in [5.74, 6) is -1.66. The molecule has 172 valence electrons. The number of ether oxygens (including phenoxy) is 2. The third kappa shape index (κ3) is 6.01. The van der Waals surface area contributed by atoms with E-state index >= 15 is 0 Å². The Labute approximate surface area is 189 Å². The molecule has 3 aromatic rings. The molecular formula is C24H23F2N3O4. The fraction of sp³-hybridized carbons (Fsp3) is 0.292. The van der Waals surface area contributed by atoms with E-state index in [0.29, 0.717) is 31.4 Å². The second-order valence-electron chi connectivity index (χ2n) is 7.83. The lowest BCUT2D eigenvalue weighted by Crippen LogP contribution is -2.23. The molecule has 1 aliphatic rings. The highest BCUT2D eigenvalue weighted by molar-refractivity contribution is 5.84. The van der Waals surface area contributed by atoms with Crippen LogP contribution >= 0.6 is 0 Å². The maximum absolute atomic E-state index is 13.6. The topological polar surface area (TPSA) is 82.5 Å². The van der Waals surface area contributed by atoms with Crippen molar-refractivity contribution in [2.24, 2.45) is 5.92 Å². The summed E-state index contributed by atoms with van der Waals surface area (Å²) in [4.78, 5) is 24.5. The third-order valence-electron chi connectivity index (χ3n) is 5.38. The van der Waals surface area contributed by atoms with Crippen LogP contribution in [0.25, 0.3) is 5.69 Å². The van der Waals surface area contributed by atoms with E-state index in [9.17, 15) is 18.4 Å². The number of carbonyl (C=O) groups is 1. The van der Waals surface area contributed by atoms with Crippen molar-refractivity contribution < 1.29 is 23.0 Å². The average molecular weight is 455 g/mol. The van der Waals surface area contributed by atoms with Crippen molar-refractivity contribution in [3.05, 3.63) is 87.8 Å². The molecule has 0 unspecified atom stereocenters. The molecule has 4 rings (SSSR count). The van der Waals surface area contributed by atoms with E-state index in [1.807, 2.05) is 0 Å². The molecule has 1 N–H and O–H groups in total. The van der Waals surface area contributed by atoms with Gasteiger partial charge in [-0.25, -0.2) is 18.3 Å². The van der Waals surface area contributed by atoms with Crippen LogP contribution in [0.2, 0.25) is 0 Å². The maximum atomic E-state index is 13.6. The number of hydrogen-bond acceptors (Lipinski definition) is 5. The molecule has 0 atom stereocenters. The molecule has 2 aromatic carbocycles. The molecule has 0 bridgehead atoms. The lowest BCUT2D eigenvalue weighted by molar-refractivity contribution is 0.0405. The Kier molecular flexibility index (Phi) is 7.09. The number of aromatic nitrogens is 2. The van der Waals surface area contributed by atoms with Gasteiger partial charge in [0.25, 0.3) is 0 Å². The van der Waals surface area contributed by atoms with Gasteiger partial charge >= 0.3 is 6.09 Å². The number of amides is 1. The van der Waals surface area contributed by atoms with Crippen LogP contribution in [-0.2, 0) is 15.9 Å². The van der Waals surface area contributed by atoms with Gasteiger partial charge in [-0.1, -0.05) is 12.1 Å². The van der Waals surface area contributed by atoms with Crippen LogP contribution in [-0.4, -0.2) is 35.7 Å². The molecule has 33 heavy (non-hydrogen) atoms. The van der Waals surface area contributed by atoms with Gasteiger partial charge in [-0.2, -0.15) is 5.10 Å². The van der Waals surface area contributed by atoms with Gasteiger partial charge in [-0.3, -0.25) is 10.1 Å². The first kappa shape index (κ1) is 22.6. The molecular weight excluding hydrogens is 432 g/mol. The number of rotatable bonds is 6. The highest BCUT2D eigenvalue weighted by atomic mass is 19.2. The molecule has 7 nitrogen and oxygen atoms in total. The fourth-order valence-electron chi connectivity index (χ4n) is 3.55. The smallest absolute Gasteiger partial charge is 0.411 e. The second-order valence-corrected chi connectivity index (χ2v) is 7.83. The Morgan fingerprint density at radius 1 is 1.12 bits per heavy atom. The highest BCUT2D eigenvalue weighted by Crippen LogP contribution is 2.17. The van der Waals surface area contributed by atoms with Crippen LogP contribution in [0.1, 0.15) is 24.1 Å². The first-order chi connectivity index (χ1) is 16.0. The van der Waals surface area contributed by atoms with Crippen LogP contribution in [0, 0.1) is 17.6 Å². The molecule has 1 fully saturated rings. The number of hydrogen-bond donors (Lipinski definition) is 1. The summed E-state index contributed by atoms with van der Waals surface area (Å²) in [6.07, 6.45) is 2.78. The van der Waals surface area contributed by atoms with Gasteiger partial charge in [0, 0.05) is 43.7 Å². The van der Waals surface area contributed by atoms with E-state index in [1.54, 1.807) is 24.3 Å². The van der Waals surface area contributed by atoms with Crippen molar-refractivity contribution in [3.8, 4) is 5.69 Å². The minimum absolute atomic E-state index is 0.190. The van der Waals surface area contributed by atoms with E-state index in [1.165, 1.54) is 23.0 Å². The van der Waals surface area contributed by atoms with Gasteiger partial charge < -0.3 is 9.47 Å². The number of anilines is 1. The number of nitrogens with one attached hydrogen (secondary N) is 1. The van der Waals surface area contributed by atoms with Gasteiger partial charge in [0.2, 0.25) is 5.43 Å². The fourth-order valence-corrected chi connectivity index (χ4v) is 3.55. The van der Waals surface area contributed by atoms with Crippen molar-refractivity contribution in [2.75, 3.05) is 25.1 Å². The molecule has 9 heteroatoms. The average Bonchev–Trinajstić information content (AvgIpc) is 2.82. The molecule has 1 saturated heterocycles. The maximum Gasteiger partial charge on any atom is 0.411 e. The Morgan fingerprint density at radius 2 is 1.94 bits per heavy atom. The van der Waals surface area contributed by atoms with Gasteiger partial charge in [0.1, 0.15) is 5.69 Å². The van der Waals surface area contributed by atoms with Gasteiger partial charge in [0.05, 0.1) is 12.3 Å². The molecule has 0 aliphatic carbocycles. The van der Waals surface area contributed by atoms with E-state index in [-0.39, 0.29) is 23.2 Å². The van der Waals surface area contributed by atoms with Crippen molar-refractivity contribution >= 4 is 11.8 Å². The molecule has 0 spiro atoms. The van der Waals surface area contributed by atoms with Gasteiger partial charge in [-0.05, 0) is 48.6 Å². The Morgan fingerprint density at radius 3 is 2.73 bits per heavy atom. The predicted octanol–water partition coefficient (Wildman–Crippen LogP) is 4.08. The Bertz CT molecular complexity index is 1190. The number of nitrogens with zero attached hydrogens (tertiary/aromatic N) is 2. The Balaban J connectivity index is 1.43. The normalized spacial score (nSPS) is 14.1. The first-order valence-corrected chi connectivity index (χ1v) is 10.6. The zero-order valence-electron chi connectivity index (χ0n) is 17.8. The summed E-state index contributed by atoms with van der Waals surface area (Å²) in [5.41, 5.74) is 1.49. The summed E-state index contributed by atoms with van der Waals surface area (Å²) in [6, 6.07) is 11.7. The standard InChI is InChI=1S/C24H23F2N3O4/c25-20-5-4-19(14-21(20)26)29-9-6-23(30)22(28-29)13-17-2-1-3-18(12-17)27-24(31)33-15-16-7-10-32-11-8-16/h1-6,9,12,14,16H,7-8,10-11,13,15H2,(H,27,31). The van der Waals surface area contributed by atoms with Gasteiger partial charge in [0.15, 0.2) is 11.6 Å². The van der Waals surface area contributed by atoms with Crippen molar-refractivity contribution in [2.45, 2.75) is 19.3 Å². The molecule has 1 amide bonds. The van der Waals surface area contributed by atoms with Gasteiger partial charge in [-0.15, -0.1) is 0 Å². The van der Waals surface area contributed by atoms with Crippen molar-refractivity contribution in [1.82, 2.24) is 9.78 Å². The molecule has 1 aromatic heterocycles. The van der Waals surface area contributed by atoms with E-state index in [0.717, 1.165) is 30.5 Å². The van der Waals surface area contributed by atoms with Crippen molar-refractivity contribution in [1.29, 1.82) is 0 Å². The zero-order valence-corrected chi connectivity index (χ0v) is 17.8. The first-order valence-electron chi connectivity index (χ1n) is 10.6. The lowest BCUT2D eigenvalue weighted by Gasteiger charge is -2.21. The van der Waals surface area contributed by atoms with E-state index < -0.39 is 17.7 Å². The van der Waals surface area contributed by atoms with Crippen LogP contribution in [0.4, 0.5) is 19.3 Å². The summed E-state index contributed by atoms with van der Waals surface area (Å²) in [5, 5.41) is 6.97. The number of benzene rings is 2. The predicted molar refractivity (Wildman–Crippen MR) is 118 cm³/mol.